The molecule has 4 rings (SSSR count). The molecule has 3 atom stereocenters. The Bertz CT molecular complexity index is 1210. The van der Waals surface area contributed by atoms with E-state index in [0.29, 0.717) is 11.3 Å². The van der Waals surface area contributed by atoms with Crippen LogP contribution in [0.2, 0.25) is 0 Å². The zero-order chi connectivity index (χ0) is 22.9. The van der Waals surface area contributed by atoms with Crippen LogP contribution in [-0.2, 0) is 0 Å². The standard InChI is InChI=1S/C25H23N5O2/c1-16-9-11-30(12-10-16)24-22(19-5-3-4-6-21(19)32-2)20(15-28)23(17(13-26)14-27)29-25(24,31)18-7-8-18/h3-6,9-12,18,22,24,29,31H,7-8H2,1-2H3/t22-,24-,25-/m1/s1. The van der Waals surface area contributed by atoms with Crippen LogP contribution in [0.3, 0.4) is 0 Å². The van der Waals surface area contributed by atoms with Crippen molar-refractivity contribution >= 4 is 5.87 Å². The Morgan fingerprint density at radius 1 is 1.22 bits per heavy atom. The number of nitrogens with one attached hydrogen (secondary N) is 1. The number of nitrogens with zero attached hydrogens (tertiary/aromatic N) is 4. The lowest BCUT2D eigenvalue weighted by Crippen LogP contribution is -2.66. The van der Waals surface area contributed by atoms with Gasteiger partial charge in [-0.15, -0.1) is 0 Å². The second-order valence-electron chi connectivity index (χ2n) is 8.21. The Morgan fingerprint density at radius 2 is 1.91 bits per heavy atom. The first kappa shape index (κ1) is 21.3. The van der Waals surface area contributed by atoms with Gasteiger partial charge < -0.3 is 20.6 Å². The molecule has 2 heterocycles. The average molecular weight is 425 g/mol. The molecule has 7 nitrogen and oxygen atoms in total. The molecule has 0 radical (unpaired) electrons. The molecule has 1 fully saturated rings. The fourth-order valence-electron chi connectivity index (χ4n) is 4.58. The van der Waals surface area contributed by atoms with Gasteiger partial charge in [0, 0.05) is 23.6 Å². The Morgan fingerprint density at radius 3 is 2.47 bits per heavy atom. The molecule has 0 saturated heterocycles. The fraction of sp³-hybridized carbons (Fsp3) is 0.320. The van der Waals surface area contributed by atoms with Crippen molar-refractivity contribution in [3.63, 3.8) is 0 Å². The van der Waals surface area contributed by atoms with E-state index in [1.165, 1.54) is 0 Å². The van der Waals surface area contributed by atoms with Crippen LogP contribution in [0.25, 0.3) is 5.41 Å². The Labute approximate surface area is 187 Å². The lowest BCUT2D eigenvalue weighted by atomic mass is 9.73. The van der Waals surface area contributed by atoms with Crippen LogP contribution in [0.4, 0.5) is 0 Å². The van der Waals surface area contributed by atoms with Gasteiger partial charge in [-0.25, -0.2) is 5.87 Å². The second kappa shape index (κ2) is 8.32. The third-order valence-corrected chi connectivity index (χ3v) is 6.28. The third-order valence-electron chi connectivity index (χ3n) is 6.28. The lowest BCUT2D eigenvalue weighted by molar-refractivity contribution is -0.742. The van der Waals surface area contributed by atoms with Crippen LogP contribution in [-0.4, -0.2) is 23.8 Å². The molecule has 2 N–H and O–H groups in total. The highest BCUT2D eigenvalue weighted by Gasteiger charge is 2.61. The van der Waals surface area contributed by atoms with E-state index in [9.17, 15) is 21.0 Å². The van der Waals surface area contributed by atoms with Gasteiger partial charge in [0.25, 0.3) is 0 Å². The van der Waals surface area contributed by atoms with E-state index in [2.05, 4.69) is 11.4 Å². The van der Waals surface area contributed by atoms with Crippen LogP contribution in [0.1, 0.15) is 35.9 Å². The number of pyridine rings is 1. The van der Waals surface area contributed by atoms with Gasteiger partial charge in [0.2, 0.25) is 11.8 Å². The summed E-state index contributed by atoms with van der Waals surface area (Å²) in [6.07, 6.45) is 5.37. The summed E-state index contributed by atoms with van der Waals surface area (Å²) in [5.74, 6) is 1.71. The highest BCUT2D eigenvalue weighted by atomic mass is 16.5. The largest absolute Gasteiger partial charge is 0.762 e. The van der Waals surface area contributed by atoms with Gasteiger partial charge in [-0.05, 0) is 31.4 Å². The van der Waals surface area contributed by atoms with Crippen molar-refractivity contribution in [3.05, 3.63) is 82.2 Å². The number of benzene rings is 1. The van der Waals surface area contributed by atoms with E-state index in [1.54, 1.807) is 13.2 Å². The fourth-order valence-corrected chi connectivity index (χ4v) is 4.58. The van der Waals surface area contributed by atoms with Crippen molar-refractivity contribution in [1.29, 1.82) is 10.5 Å². The van der Waals surface area contributed by atoms with Crippen LogP contribution in [0.15, 0.2) is 65.6 Å². The van der Waals surface area contributed by atoms with E-state index >= 15 is 0 Å². The summed E-state index contributed by atoms with van der Waals surface area (Å²) < 4.78 is 7.51. The van der Waals surface area contributed by atoms with Crippen LogP contribution in [0, 0.1) is 35.5 Å². The minimum atomic E-state index is -1.47. The molecule has 32 heavy (non-hydrogen) atoms. The summed E-state index contributed by atoms with van der Waals surface area (Å²) in [5.41, 5.74) is 0.379. The van der Waals surface area contributed by atoms with Gasteiger partial charge in [0.15, 0.2) is 12.4 Å². The van der Waals surface area contributed by atoms with Gasteiger partial charge in [0.1, 0.15) is 11.8 Å². The number of allylic oxidation sites excluding steroid dienone is 2. The zero-order valence-electron chi connectivity index (χ0n) is 17.9. The molecule has 1 aliphatic carbocycles. The molecule has 160 valence electrons. The number of aryl methyl sites for hydroxylation is 1. The predicted molar refractivity (Wildman–Crippen MR) is 117 cm³/mol. The molecule has 0 bridgehead atoms. The summed E-state index contributed by atoms with van der Waals surface area (Å²) in [6.45, 7) is 1.98. The molecular formula is C25H23N5O2. The Balaban J connectivity index is 2.07. The number of nitriles is 2. The summed E-state index contributed by atoms with van der Waals surface area (Å²) in [4.78, 5) is 0. The van der Waals surface area contributed by atoms with Crippen molar-refractivity contribution in [2.75, 3.05) is 7.11 Å². The summed E-state index contributed by atoms with van der Waals surface area (Å²) in [6, 6.07) is 14.7. The van der Waals surface area contributed by atoms with Crippen molar-refractivity contribution in [1.82, 2.24) is 5.32 Å². The van der Waals surface area contributed by atoms with Crippen molar-refractivity contribution in [2.24, 2.45) is 5.92 Å². The van der Waals surface area contributed by atoms with Crippen LogP contribution < -0.4 is 14.6 Å². The quantitative estimate of drug-likeness (QED) is 0.434. The van der Waals surface area contributed by atoms with E-state index < -0.39 is 17.7 Å². The first-order valence-corrected chi connectivity index (χ1v) is 10.4. The molecular weight excluding hydrogens is 402 g/mol. The van der Waals surface area contributed by atoms with E-state index in [0.717, 1.165) is 18.4 Å². The molecule has 0 unspecified atom stereocenters. The molecule has 1 aromatic heterocycles. The smallest absolute Gasteiger partial charge is 0.217 e. The Hall–Kier alpha value is -3.90. The highest BCUT2D eigenvalue weighted by Crippen LogP contribution is 2.53. The topological polar surface area (TPSA) is 115 Å². The van der Waals surface area contributed by atoms with Crippen molar-refractivity contribution < 1.29 is 14.4 Å². The van der Waals surface area contributed by atoms with E-state index in [-0.39, 0.29) is 22.8 Å². The van der Waals surface area contributed by atoms with Gasteiger partial charge in [-0.2, -0.15) is 15.1 Å². The maximum absolute atomic E-state index is 12.1. The highest BCUT2D eigenvalue weighted by molar-refractivity contribution is 5.74. The number of hydrogen-bond acceptors (Lipinski definition) is 5. The predicted octanol–water partition coefficient (Wildman–Crippen LogP) is 2.78. The van der Waals surface area contributed by atoms with Gasteiger partial charge in [0.05, 0.1) is 35.9 Å². The van der Waals surface area contributed by atoms with Gasteiger partial charge >= 0.3 is 0 Å². The van der Waals surface area contributed by atoms with E-state index in [1.807, 2.05) is 66.2 Å². The normalized spacial score (nSPS) is 24.5. The molecule has 2 aliphatic rings. The summed E-state index contributed by atoms with van der Waals surface area (Å²) in [5, 5.41) is 44.5. The minimum Gasteiger partial charge on any atom is -0.762 e. The SMILES string of the molecule is COc1ccccc1[C@@H]1C(C#N)=C(C(=C=[N-])C#N)N[C@@](O)(C2CC2)[C@@H]1[n+]1ccc(C)cc1. The van der Waals surface area contributed by atoms with E-state index in [4.69, 9.17) is 4.74 Å². The molecule has 1 aromatic carbocycles. The summed E-state index contributed by atoms with van der Waals surface area (Å²) >= 11 is 0. The molecule has 0 amide bonds. The molecule has 7 heteroatoms. The third kappa shape index (κ3) is 3.44. The monoisotopic (exact) mass is 425 g/mol. The molecule has 0 spiro atoms. The number of aliphatic hydroxyl groups is 1. The number of hydrogen-bond donors (Lipinski definition) is 2. The molecule has 1 saturated carbocycles. The maximum atomic E-state index is 12.1. The number of ether oxygens (including phenoxy) is 1. The van der Waals surface area contributed by atoms with Crippen LogP contribution >= 0.6 is 0 Å². The molecule has 1 aliphatic heterocycles. The maximum Gasteiger partial charge on any atom is 0.217 e. The first-order valence-electron chi connectivity index (χ1n) is 10.4. The van der Waals surface area contributed by atoms with Crippen molar-refractivity contribution in [2.45, 2.75) is 37.5 Å². The van der Waals surface area contributed by atoms with Crippen LogP contribution in [0.5, 0.6) is 5.75 Å². The van der Waals surface area contributed by atoms with Gasteiger partial charge in [-0.3, -0.25) is 0 Å². The molecule has 2 aromatic rings. The van der Waals surface area contributed by atoms with Crippen molar-refractivity contribution in [3.8, 4) is 17.9 Å². The average Bonchev–Trinajstić information content (AvgIpc) is 3.66. The number of para-hydroxylation sites is 1. The summed E-state index contributed by atoms with van der Waals surface area (Å²) in [7, 11) is 1.56. The lowest BCUT2D eigenvalue weighted by Gasteiger charge is -2.43. The minimum absolute atomic E-state index is 0.0896. The second-order valence-corrected chi connectivity index (χ2v) is 8.21. The number of rotatable bonds is 5. The zero-order valence-corrected chi connectivity index (χ0v) is 17.9. The van der Waals surface area contributed by atoms with Gasteiger partial charge in [-0.1, -0.05) is 18.2 Å². The number of methoxy groups -OCH3 is 1. The first-order chi connectivity index (χ1) is 15.5. The number of aromatic nitrogens is 1. The Kier molecular flexibility index (Phi) is 5.55.